The molecule has 0 unspecified atom stereocenters. The molecule has 1 N–H and O–H groups in total. The van der Waals surface area contributed by atoms with E-state index < -0.39 is 17.8 Å². The van der Waals surface area contributed by atoms with Crippen molar-refractivity contribution < 1.29 is 28.6 Å². The Kier molecular flexibility index (Phi) is 8.83. The summed E-state index contributed by atoms with van der Waals surface area (Å²) in [6, 6.07) is 8.85. The first-order valence-electron chi connectivity index (χ1n) is 10.5. The van der Waals surface area contributed by atoms with Gasteiger partial charge in [0, 0.05) is 10.7 Å². The number of carbonyl (C=O) groups is 3. The molecule has 34 heavy (non-hydrogen) atoms. The second-order valence-electron chi connectivity index (χ2n) is 7.04. The van der Waals surface area contributed by atoms with Crippen LogP contribution in [0.1, 0.15) is 56.3 Å². The molecular weight excluding hydrogens is 526 g/mol. The van der Waals surface area contributed by atoms with Crippen LogP contribution < -0.4 is 10.1 Å². The van der Waals surface area contributed by atoms with Crippen LogP contribution in [-0.2, 0) is 16.2 Å². The van der Waals surface area contributed by atoms with Crippen LogP contribution in [0.4, 0.5) is 5.00 Å². The molecule has 1 aromatic carbocycles. The maximum atomic E-state index is 12.8. The number of halogens is 1. The van der Waals surface area contributed by atoms with Gasteiger partial charge in [-0.25, -0.2) is 14.3 Å². The molecule has 2 aromatic heterocycles. The fourth-order valence-electron chi connectivity index (χ4n) is 2.90. The molecule has 0 aliphatic heterocycles. The van der Waals surface area contributed by atoms with Gasteiger partial charge >= 0.3 is 11.9 Å². The number of carbonyl (C=O) groups excluding carboxylic acids is 3. The van der Waals surface area contributed by atoms with Gasteiger partial charge in [0.2, 0.25) is 0 Å². The van der Waals surface area contributed by atoms with Crippen molar-refractivity contribution in [3.8, 4) is 5.75 Å². The van der Waals surface area contributed by atoms with Gasteiger partial charge in [-0.05, 0) is 56.2 Å². The predicted molar refractivity (Wildman–Crippen MR) is 131 cm³/mol. The standard InChI is InChI=1S/C23H24BrN3O6S/c1-4-12-32-22(29)18-14(3)19(23(30)31-5-2)34-21(18)25-20(28)17-10-11-27(26-17)13-33-16-8-6-15(24)7-9-16/h6-11H,4-5,12-13H2,1-3H3,(H,25,28). The average Bonchev–Trinajstić information content (AvgIpc) is 3.42. The number of anilines is 1. The molecule has 0 radical (unpaired) electrons. The lowest BCUT2D eigenvalue weighted by Gasteiger charge is -2.07. The van der Waals surface area contributed by atoms with E-state index in [1.165, 1.54) is 10.7 Å². The normalized spacial score (nSPS) is 10.6. The van der Waals surface area contributed by atoms with Gasteiger partial charge in [0.15, 0.2) is 12.4 Å². The summed E-state index contributed by atoms with van der Waals surface area (Å²) in [4.78, 5) is 38.0. The number of esters is 2. The SMILES string of the molecule is CCCOC(=O)c1c(NC(=O)c2ccn(COc3ccc(Br)cc3)n2)sc(C(=O)OCC)c1C. The molecule has 0 saturated carbocycles. The van der Waals surface area contributed by atoms with Crippen molar-refractivity contribution in [2.75, 3.05) is 18.5 Å². The molecule has 9 nitrogen and oxygen atoms in total. The van der Waals surface area contributed by atoms with E-state index in [4.69, 9.17) is 14.2 Å². The molecular formula is C23H24BrN3O6S. The quantitative estimate of drug-likeness (QED) is 0.352. The highest BCUT2D eigenvalue weighted by Gasteiger charge is 2.28. The van der Waals surface area contributed by atoms with Gasteiger partial charge in [0.05, 0.1) is 18.8 Å². The van der Waals surface area contributed by atoms with Gasteiger partial charge in [-0.1, -0.05) is 22.9 Å². The number of ether oxygens (including phenoxy) is 3. The smallest absolute Gasteiger partial charge is 0.348 e. The highest BCUT2D eigenvalue weighted by molar-refractivity contribution is 9.10. The van der Waals surface area contributed by atoms with Gasteiger partial charge < -0.3 is 19.5 Å². The first kappa shape index (κ1) is 25.4. The molecule has 3 aromatic rings. The van der Waals surface area contributed by atoms with Crippen LogP contribution in [-0.4, -0.2) is 40.8 Å². The van der Waals surface area contributed by atoms with E-state index in [1.807, 2.05) is 19.1 Å². The maximum Gasteiger partial charge on any atom is 0.348 e. The molecule has 3 rings (SSSR count). The van der Waals surface area contributed by atoms with Crippen LogP contribution >= 0.6 is 27.3 Å². The van der Waals surface area contributed by atoms with E-state index in [2.05, 4.69) is 26.3 Å². The Bertz CT molecular complexity index is 1170. The largest absolute Gasteiger partial charge is 0.471 e. The molecule has 11 heteroatoms. The summed E-state index contributed by atoms with van der Waals surface area (Å²) in [5.74, 6) is -1.07. The Morgan fingerprint density at radius 1 is 1.09 bits per heavy atom. The van der Waals surface area contributed by atoms with E-state index in [1.54, 1.807) is 32.2 Å². The lowest BCUT2D eigenvalue weighted by Crippen LogP contribution is -2.16. The number of amides is 1. The summed E-state index contributed by atoms with van der Waals surface area (Å²) >= 11 is 4.33. The molecule has 0 aliphatic rings. The lowest BCUT2D eigenvalue weighted by molar-refractivity contribution is 0.0506. The third kappa shape index (κ3) is 6.23. The monoisotopic (exact) mass is 549 g/mol. The lowest BCUT2D eigenvalue weighted by atomic mass is 10.1. The Hall–Kier alpha value is -3.18. The molecule has 0 atom stereocenters. The number of benzene rings is 1. The van der Waals surface area contributed by atoms with Crippen LogP contribution in [0.2, 0.25) is 0 Å². The predicted octanol–water partition coefficient (Wildman–Crippen LogP) is 5.05. The van der Waals surface area contributed by atoms with Crippen LogP contribution in [0.3, 0.4) is 0 Å². The zero-order valence-corrected chi connectivity index (χ0v) is 21.3. The summed E-state index contributed by atoms with van der Waals surface area (Å²) < 4.78 is 18.4. The number of hydrogen-bond acceptors (Lipinski definition) is 8. The van der Waals surface area contributed by atoms with E-state index in [0.717, 1.165) is 15.8 Å². The highest BCUT2D eigenvalue weighted by Crippen LogP contribution is 2.34. The zero-order valence-electron chi connectivity index (χ0n) is 18.9. The summed E-state index contributed by atoms with van der Waals surface area (Å²) in [6.45, 7) is 5.70. The van der Waals surface area contributed by atoms with Crippen LogP contribution in [0.25, 0.3) is 0 Å². The fourth-order valence-corrected chi connectivity index (χ4v) is 4.25. The van der Waals surface area contributed by atoms with Crippen LogP contribution in [0, 0.1) is 6.92 Å². The number of rotatable bonds is 10. The van der Waals surface area contributed by atoms with Crippen molar-refractivity contribution in [2.45, 2.75) is 33.9 Å². The van der Waals surface area contributed by atoms with E-state index in [9.17, 15) is 14.4 Å². The van der Waals surface area contributed by atoms with E-state index >= 15 is 0 Å². The van der Waals surface area contributed by atoms with Crippen molar-refractivity contribution in [3.63, 3.8) is 0 Å². The molecule has 0 aliphatic carbocycles. The minimum absolute atomic E-state index is 0.106. The van der Waals surface area contributed by atoms with Gasteiger partial charge in [-0.15, -0.1) is 11.3 Å². The summed E-state index contributed by atoms with van der Waals surface area (Å²) in [7, 11) is 0. The summed E-state index contributed by atoms with van der Waals surface area (Å²) in [6.07, 6.45) is 2.25. The van der Waals surface area contributed by atoms with Gasteiger partial charge in [0.25, 0.3) is 5.91 Å². The van der Waals surface area contributed by atoms with E-state index in [-0.39, 0.29) is 41.1 Å². The summed E-state index contributed by atoms with van der Waals surface area (Å²) in [5, 5.41) is 7.11. The molecule has 2 heterocycles. The third-order valence-electron chi connectivity index (χ3n) is 4.53. The molecule has 0 bridgehead atoms. The number of nitrogens with one attached hydrogen (secondary N) is 1. The first-order valence-corrected chi connectivity index (χ1v) is 12.2. The molecule has 1 amide bonds. The second-order valence-corrected chi connectivity index (χ2v) is 8.97. The maximum absolute atomic E-state index is 12.8. The minimum atomic E-state index is -0.616. The number of hydrogen-bond donors (Lipinski definition) is 1. The Morgan fingerprint density at radius 2 is 1.82 bits per heavy atom. The second kappa shape index (κ2) is 11.8. The molecule has 0 fully saturated rings. The number of thiophene rings is 1. The summed E-state index contributed by atoms with van der Waals surface area (Å²) in [5.41, 5.74) is 0.650. The van der Waals surface area contributed by atoms with Crippen molar-refractivity contribution in [3.05, 3.63) is 62.7 Å². The Labute approximate surface area is 209 Å². The number of nitrogens with zero attached hydrogens (tertiary/aromatic N) is 2. The van der Waals surface area contributed by atoms with Gasteiger partial charge in [-0.3, -0.25) is 4.79 Å². The number of aromatic nitrogens is 2. The highest BCUT2D eigenvalue weighted by atomic mass is 79.9. The average molecular weight is 550 g/mol. The first-order chi connectivity index (χ1) is 16.3. The molecule has 0 saturated heterocycles. The molecule has 0 spiro atoms. The minimum Gasteiger partial charge on any atom is -0.471 e. The van der Waals surface area contributed by atoms with E-state index in [0.29, 0.717) is 17.7 Å². The third-order valence-corrected chi connectivity index (χ3v) is 6.24. The van der Waals surface area contributed by atoms with Crippen LogP contribution in [0.5, 0.6) is 5.75 Å². The van der Waals surface area contributed by atoms with Crippen molar-refractivity contribution in [1.82, 2.24) is 9.78 Å². The topological polar surface area (TPSA) is 109 Å². The van der Waals surface area contributed by atoms with Crippen LogP contribution in [0.15, 0.2) is 41.0 Å². The van der Waals surface area contributed by atoms with Gasteiger partial charge in [0.1, 0.15) is 15.6 Å². The van der Waals surface area contributed by atoms with Crippen molar-refractivity contribution >= 4 is 50.1 Å². The zero-order chi connectivity index (χ0) is 24.7. The Morgan fingerprint density at radius 3 is 2.50 bits per heavy atom. The van der Waals surface area contributed by atoms with Crippen molar-refractivity contribution in [1.29, 1.82) is 0 Å². The van der Waals surface area contributed by atoms with Gasteiger partial charge in [-0.2, -0.15) is 5.10 Å². The Balaban J connectivity index is 1.76. The van der Waals surface area contributed by atoms with Crippen molar-refractivity contribution in [2.24, 2.45) is 0 Å². The molecule has 180 valence electrons. The fraction of sp³-hybridized carbons (Fsp3) is 0.304.